The van der Waals surface area contributed by atoms with Gasteiger partial charge in [-0.1, -0.05) is 37.3 Å². The van der Waals surface area contributed by atoms with E-state index in [-0.39, 0.29) is 29.7 Å². The Balaban J connectivity index is 1.74. The molecule has 1 N–H and O–H groups in total. The Hall–Kier alpha value is -3.73. The van der Waals surface area contributed by atoms with Crippen molar-refractivity contribution < 1.29 is 19.1 Å². The van der Waals surface area contributed by atoms with Crippen LogP contribution in [0.5, 0.6) is 0 Å². The molecule has 2 aliphatic rings. The van der Waals surface area contributed by atoms with Gasteiger partial charge in [0.05, 0.1) is 16.7 Å². The number of aromatic nitrogens is 2. The lowest BCUT2D eigenvalue weighted by Crippen LogP contribution is -2.48. The number of aryl methyl sites for hydroxylation is 1. The number of Topliss-reactive ketones (excluding diaryl/α,β-unsaturated/α-hetero) is 1. The Morgan fingerprint density at radius 1 is 1.29 bits per heavy atom. The van der Waals surface area contributed by atoms with Gasteiger partial charge in [0.25, 0.3) is 5.91 Å². The summed E-state index contributed by atoms with van der Waals surface area (Å²) in [5.41, 5.74) is 1.14. The fourth-order valence-electron chi connectivity index (χ4n) is 5.11. The van der Waals surface area contributed by atoms with Gasteiger partial charge in [-0.3, -0.25) is 9.59 Å². The van der Waals surface area contributed by atoms with E-state index >= 15 is 0 Å². The SMILES string of the molecule is C[C@@H]1C(=O)C(C#N)=C[C@]2(c3ccccc3)c3nn(C(=O)CNC(=O)OC(C)(C)C)cc3CCC12. The molecule has 2 aromatic rings. The fourth-order valence-corrected chi connectivity index (χ4v) is 5.11. The zero-order chi connectivity index (χ0) is 24.7. The van der Waals surface area contributed by atoms with Gasteiger partial charge in [0.15, 0.2) is 5.78 Å². The molecule has 1 heterocycles. The monoisotopic (exact) mass is 460 g/mol. The molecule has 0 saturated heterocycles. The van der Waals surface area contributed by atoms with Crippen LogP contribution in [0.3, 0.4) is 0 Å². The molecule has 0 saturated carbocycles. The number of fused-ring (bicyclic) bond motifs is 3. The number of nitrogens with zero attached hydrogens (tertiary/aromatic N) is 3. The van der Waals surface area contributed by atoms with Crippen LogP contribution >= 0.6 is 0 Å². The second-order valence-corrected chi connectivity index (χ2v) is 9.90. The highest BCUT2D eigenvalue weighted by Gasteiger charge is 2.53. The summed E-state index contributed by atoms with van der Waals surface area (Å²) in [5, 5.41) is 16.9. The fraction of sp³-hybridized carbons (Fsp3) is 0.423. The van der Waals surface area contributed by atoms with E-state index < -0.39 is 23.0 Å². The second kappa shape index (κ2) is 8.56. The molecule has 2 aliphatic carbocycles. The van der Waals surface area contributed by atoms with Crippen molar-refractivity contribution in [3.63, 3.8) is 0 Å². The van der Waals surface area contributed by atoms with Gasteiger partial charge in [-0.05, 0) is 56.7 Å². The largest absolute Gasteiger partial charge is 0.444 e. The molecule has 1 amide bonds. The molecule has 1 aromatic heterocycles. The highest BCUT2D eigenvalue weighted by Crippen LogP contribution is 2.53. The van der Waals surface area contributed by atoms with Crippen LogP contribution in [0.4, 0.5) is 4.79 Å². The molecule has 4 rings (SSSR count). The average Bonchev–Trinajstić information content (AvgIpc) is 3.24. The summed E-state index contributed by atoms with van der Waals surface area (Å²) < 4.78 is 6.44. The maximum absolute atomic E-state index is 12.9. The van der Waals surface area contributed by atoms with Gasteiger partial charge in [0, 0.05) is 12.1 Å². The Kier molecular flexibility index (Phi) is 5.90. The van der Waals surface area contributed by atoms with Crippen molar-refractivity contribution in [1.82, 2.24) is 15.1 Å². The minimum Gasteiger partial charge on any atom is -0.444 e. The van der Waals surface area contributed by atoms with Crippen molar-refractivity contribution in [3.8, 4) is 6.07 Å². The minimum absolute atomic E-state index is 0.0923. The lowest BCUT2D eigenvalue weighted by molar-refractivity contribution is -0.121. The normalized spacial score (nSPS) is 23.7. The standard InChI is InChI=1S/C26H28N4O4/c1-16-20-11-10-17-15-30(21(31)14-28-24(33)34-25(2,3)4)29-23(17)26(20,12-18(13-27)22(16)32)19-8-6-5-7-9-19/h5-9,12,15-16,20H,10-11,14H2,1-4H3,(H,28,33)/t16-,20?,26+/m0/s1. The van der Waals surface area contributed by atoms with E-state index in [2.05, 4.69) is 16.5 Å². The van der Waals surface area contributed by atoms with Gasteiger partial charge in [0.2, 0.25) is 0 Å². The van der Waals surface area contributed by atoms with Gasteiger partial charge in [-0.2, -0.15) is 10.4 Å². The number of hydrogen-bond acceptors (Lipinski definition) is 6. The molecule has 8 nitrogen and oxygen atoms in total. The Morgan fingerprint density at radius 2 is 2.00 bits per heavy atom. The van der Waals surface area contributed by atoms with Crippen LogP contribution in [0.2, 0.25) is 0 Å². The molecule has 3 atom stereocenters. The van der Waals surface area contributed by atoms with E-state index in [0.29, 0.717) is 12.1 Å². The minimum atomic E-state index is -0.794. The first-order valence-electron chi connectivity index (χ1n) is 11.4. The van der Waals surface area contributed by atoms with E-state index in [4.69, 9.17) is 4.74 Å². The predicted molar refractivity (Wildman–Crippen MR) is 124 cm³/mol. The molecule has 8 heteroatoms. The molecule has 176 valence electrons. The molecule has 0 aliphatic heterocycles. The van der Waals surface area contributed by atoms with Crippen molar-refractivity contribution in [1.29, 1.82) is 5.26 Å². The Labute approximate surface area is 198 Å². The summed E-state index contributed by atoms with van der Waals surface area (Å²) >= 11 is 0. The smallest absolute Gasteiger partial charge is 0.408 e. The van der Waals surface area contributed by atoms with Crippen molar-refractivity contribution in [3.05, 3.63) is 65.0 Å². The van der Waals surface area contributed by atoms with Crippen molar-refractivity contribution >= 4 is 17.8 Å². The number of amides is 1. The van der Waals surface area contributed by atoms with Crippen molar-refractivity contribution in [2.45, 2.75) is 51.6 Å². The molecule has 0 fully saturated rings. The lowest BCUT2D eigenvalue weighted by Gasteiger charge is -2.46. The number of alkyl carbamates (subject to hydrolysis) is 1. The summed E-state index contributed by atoms with van der Waals surface area (Å²) in [6, 6.07) is 11.8. The molecule has 0 radical (unpaired) electrons. The number of ether oxygens (including phenoxy) is 1. The summed E-state index contributed by atoms with van der Waals surface area (Å²) in [4.78, 5) is 37.7. The van der Waals surface area contributed by atoms with Gasteiger partial charge >= 0.3 is 6.09 Å². The number of hydrogen-bond donors (Lipinski definition) is 1. The van der Waals surface area contributed by atoms with E-state index in [9.17, 15) is 19.6 Å². The van der Waals surface area contributed by atoms with E-state index in [1.807, 2.05) is 37.3 Å². The topological polar surface area (TPSA) is 114 Å². The highest BCUT2D eigenvalue weighted by molar-refractivity contribution is 6.02. The predicted octanol–water partition coefficient (Wildman–Crippen LogP) is 3.57. The average molecular weight is 461 g/mol. The van der Waals surface area contributed by atoms with Gasteiger partial charge in [0.1, 0.15) is 18.2 Å². The summed E-state index contributed by atoms with van der Waals surface area (Å²) in [6.45, 7) is 6.83. The van der Waals surface area contributed by atoms with Gasteiger partial charge < -0.3 is 10.1 Å². The first-order chi connectivity index (χ1) is 16.1. The molecule has 34 heavy (non-hydrogen) atoms. The van der Waals surface area contributed by atoms with Crippen LogP contribution < -0.4 is 5.32 Å². The van der Waals surface area contributed by atoms with E-state index in [1.54, 1.807) is 33.0 Å². The van der Waals surface area contributed by atoms with Crippen LogP contribution in [0.15, 0.2) is 48.2 Å². The number of ketones is 1. The molecular weight excluding hydrogens is 432 g/mol. The van der Waals surface area contributed by atoms with Crippen molar-refractivity contribution in [2.24, 2.45) is 11.8 Å². The Morgan fingerprint density at radius 3 is 2.65 bits per heavy atom. The maximum atomic E-state index is 12.9. The van der Waals surface area contributed by atoms with Crippen LogP contribution in [0, 0.1) is 23.2 Å². The molecule has 1 unspecified atom stereocenters. The quantitative estimate of drug-likeness (QED) is 0.749. The zero-order valence-corrected chi connectivity index (χ0v) is 19.8. The van der Waals surface area contributed by atoms with Crippen LogP contribution in [0.1, 0.15) is 55.7 Å². The summed E-state index contributed by atoms with van der Waals surface area (Å²) in [5.74, 6) is -1.02. The number of carbonyl (C=O) groups excluding carboxylic acids is 3. The zero-order valence-electron chi connectivity index (χ0n) is 19.8. The number of rotatable bonds is 3. The summed E-state index contributed by atoms with van der Waals surface area (Å²) in [6.07, 6.45) is 4.14. The summed E-state index contributed by atoms with van der Waals surface area (Å²) in [7, 11) is 0. The van der Waals surface area contributed by atoms with Crippen LogP contribution in [0.25, 0.3) is 0 Å². The molecule has 0 bridgehead atoms. The first kappa shape index (κ1) is 23.4. The van der Waals surface area contributed by atoms with E-state index in [0.717, 1.165) is 17.5 Å². The van der Waals surface area contributed by atoms with Crippen LogP contribution in [-0.4, -0.2) is 39.7 Å². The lowest BCUT2D eigenvalue weighted by atomic mass is 9.54. The van der Waals surface area contributed by atoms with Crippen molar-refractivity contribution in [2.75, 3.05) is 6.54 Å². The molecular formula is C26H28N4O4. The second-order valence-electron chi connectivity index (χ2n) is 9.90. The third kappa shape index (κ3) is 4.03. The van der Waals surface area contributed by atoms with Gasteiger partial charge in [-0.15, -0.1) is 0 Å². The third-order valence-corrected chi connectivity index (χ3v) is 6.56. The molecule has 1 aromatic carbocycles. The number of nitriles is 1. The molecule has 0 spiro atoms. The number of benzene rings is 1. The maximum Gasteiger partial charge on any atom is 0.408 e. The van der Waals surface area contributed by atoms with Crippen LogP contribution in [-0.2, 0) is 21.4 Å². The van der Waals surface area contributed by atoms with E-state index in [1.165, 1.54) is 4.68 Å². The number of carbonyl (C=O) groups is 3. The Bertz CT molecular complexity index is 1220. The van der Waals surface area contributed by atoms with Gasteiger partial charge in [-0.25, -0.2) is 9.48 Å². The number of allylic oxidation sites excluding steroid dienone is 2. The number of nitrogens with one attached hydrogen (secondary N) is 1. The highest BCUT2D eigenvalue weighted by atomic mass is 16.6. The third-order valence-electron chi connectivity index (χ3n) is 6.56. The first-order valence-corrected chi connectivity index (χ1v) is 11.4.